The second kappa shape index (κ2) is 6.79. The van der Waals surface area contributed by atoms with Crippen LogP contribution in [0.15, 0.2) is 10.3 Å². The summed E-state index contributed by atoms with van der Waals surface area (Å²) < 4.78 is 27.9. The molecule has 2 rings (SSSR count). The van der Waals surface area contributed by atoms with Crippen LogP contribution in [0.25, 0.3) is 0 Å². The molecule has 1 saturated carbocycles. The maximum absolute atomic E-state index is 12.5. The lowest BCUT2D eigenvalue weighted by Crippen LogP contribution is -2.39. The summed E-state index contributed by atoms with van der Waals surface area (Å²) in [6.45, 7) is 1.54. The fourth-order valence-corrected chi connectivity index (χ4v) is 6.47. The molecule has 1 aliphatic carbocycles. The Bertz CT molecular complexity index is 553. The van der Waals surface area contributed by atoms with Gasteiger partial charge in [0.2, 0.25) is 10.0 Å². The quantitative estimate of drug-likeness (QED) is 0.868. The van der Waals surface area contributed by atoms with Crippen molar-refractivity contribution < 1.29 is 13.5 Å². The molecule has 7 heteroatoms. The maximum atomic E-state index is 12.5. The molecule has 1 aromatic rings. The van der Waals surface area contributed by atoms with E-state index in [1.807, 2.05) is 11.8 Å². The summed E-state index contributed by atoms with van der Waals surface area (Å²) in [6.07, 6.45) is 6.09. The first-order chi connectivity index (χ1) is 9.47. The van der Waals surface area contributed by atoms with Crippen molar-refractivity contribution in [3.05, 3.63) is 15.8 Å². The highest BCUT2D eigenvalue weighted by atomic mass is 32.2. The minimum atomic E-state index is -3.53. The number of aliphatic hydroxyl groups is 1. The Morgan fingerprint density at radius 1 is 1.50 bits per heavy atom. The highest BCUT2D eigenvalue weighted by molar-refractivity contribution is 7.99. The van der Waals surface area contributed by atoms with E-state index in [-0.39, 0.29) is 17.5 Å². The van der Waals surface area contributed by atoms with Crippen LogP contribution in [0.3, 0.4) is 0 Å². The van der Waals surface area contributed by atoms with Gasteiger partial charge in [0.1, 0.15) is 4.90 Å². The van der Waals surface area contributed by atoms with Gasteiger partial charge in [0, 0.05) is 11.3 Å². The van der Waals surface area contributed by atoms with Crippen LogP contribution < -0.4 is 4.72 Å². The van der Waals surface area contributed by atoms with Crippen molar-refractivity contribution in [1.29, 1.82) is 0 Å². The average molecular weight is 336 g/mol. The number of sulfonamides is 1. The average Bonchev–Trinajstić information content (AvgIpc) is 2.80. The number of aliphatic hydroxyl groups excluding tert-OH is 1. The lowest BCUT2D eigenvalue weighted by molar-refractivity contribution is 0.282. The predicted octanol–water partition coefficient (Wildman–Crippen LogP) is 2.50. The topological polar surface area (TPSA) is 66.4 Å². The summed E-state index contributed by atoms with van der Waals surface area (Å²) in [4.78, 5) is 0.795. The molecule has 0 radical (unpaired) electrons. The van der Waals surface area contributed by atoms with E-state index in [2.05, 4.69) is 11.0 Å². The van der Waals surface area contributed by atoms with Gasteiger partial charge in [-0.2, -0.15) is 11.8 Å². The van der Waals surface area contributed by atoms with Crippen LogP contribution >= 0.6 is 23.1 Å². The van der Waals surface area contributed by atoms with Gasteiger partial charge in [0.05, 0.1) is 11.5 Å². The fraction of sp³-hybridized carbons (Fsp3) is 0.692. The number of thiophene rings is 1. The SMILES string of the molecule is CSC1CCCC(NS(=O)(=O)c2c(C)csc2CO)C1. The number of aryl methyl sites for hydroxylation is 1. The Hall–Kier alpha value is -0.0800. The molecule has 1 heterocycles. The molecule has 0 amide bonds. The number of rotatable bonds is 5. The van der Waals surface area contributed by atoms with Crippen molar-refractivity contribution in [3.8, 4) is 0 Å². The Kier molecular flexibility index (Phi) is 5.53. The molecule has 0 aromatic carbocycles. The summed E-state index contributed by atoms with van der Waals surface area (Å²) in [6, 6.07) is 0.0112. The number of thioether (sulfide) groups is 1. The Morgan fingerprint density at radius 3 is 2.90 bits per heavy atom. The maximum Gasteiger partial charge on any atom is 0.242 e. The van der Waals surface area contributed by atoms with E-state index in [1.54, 1.807) is 12.3 Å². The van der Waals surface area contributed by atoms with Crippen LogP contribution in [-0.4, -0.2) is 31.1 Å². The van der Waals surface area contributed by atoms with Crippen LogP contribution in [0.5, 0.6) is 0 Å². The zero-order valence-electron chi connectivity index (χ0n) is 11.8. The predicted molar refractivity (Wildman–Crippen MR) is 84.9 cm³/mol. The summed E-state index contributed by atoms with van der Waals surface area (Å²) >= 11 is 3.11. The molecule has 0 bridgehead atoms. The molecule has 20 heavy (non-hydrogen) atoms. The van der Waals surface area contributed by atoms with Crippen LogP contribution in [0, 0.1) is 6.92 Å². The standard InChI is InChI=1S/C13H21NO3S3/c1-9-8-19-12(7-15)13(9)20(16,17)14-10-4-3-5-11(6-10)18-2/h8,10-11,14-15H,3-7H2,1-2H3. The van der Waals surface area contributed by atoms with Crippen molar-refractivity contribution in [3.63, 3.8) is 0 Å². The minimum Gasteiger partial charge on any atom is -0.391 e. The van der Waals surface area contributed by atoms with Gasteiger partial charge in [-0.3, -0.25) is 0 Å². The normalized spacial score (nSPS) is 23.9. The Labute approximate surface area is 129 Å². The molecule has 2 unspecified atom stereocenters. The first kappa shape index (κ1) is 16.3. The van der Waals surface area contributed by atoms with Gasteiger partial charge in [0.15, 0.2) is 0 Å². The van der Waals surface area contributed by atoms with Crippen molar-refractivity contribution in [2.45, 2.75) is 55.4 Å². The Balaban J connectivity index is 2.16. The zero-order chi connectivity index (χ0) is 14.8. The van der Waals surface area contributed by atoms with E-state index in [9.17, 15) is 13.5 Å². The van der Waals surface area contributed by atoms with Crippen LogP contribution in [0.1, 0.15) is 36.1 Å². The van der Waals surface area contributed by atoms with Gasteiger partial charge < -0.3 is 5.11 Å². The largest absolute Gasteiger partial charge is 0.391 e. The molecule has 0 aliphatic heterocycles. The van der Waals surface area contributed by atoms with Crippen molar-refractivity contribution >= 4 is 33.1 Å². The van der Waals surface area contributed by atoms with Gasteiger partial charge in [-0.1, -0.05) is 6.42 Å². The third-order valence-corrected chi connectivity index (χ3v) is 7.75. The lowest BCUT2D eigenvalue weighted by atomic mass is 9.96. The van der Waals surface area contributed by atoms with E-state index < -0.39 is 10.0 Å². The minimum absolute atomic E-state index is 0.0112. The van der Waals surface area contributed by atoms with Gasteiger partial charge in [-0.05, 0) is 43.4 Å². The monoisotopic (exact) mass is 335 g/mol. The molecule has 1 aromatic heterocycles. The fourth-order valence-electron chi connectivity index (χ4n) is 2.70. The molecule has 1 fully saturated rings. The van der Waals surface area contributed by atoms with Gasteiger partial charge in [-0.15, -0.1) is 11.3 Å². The highest BCUT2D eigenvalue weighted by Crippen LogP contribution is 2.30. The second-order valence-corrected chi connectivity index (χ2v) is 8.92. The van der Waals surface area contributed by atoms with Crippen LogP contribution in [0.4, 0.5) is 0 Å². The number of hydrogen-bond acceptors (Lipinski definition) is 5. The van der Waals surface area contributed by atoms with Crippen LogP contribution in [-0.2, 0) is 16.6 Å². The molecular weight excluding hydrogens is 314 g/mol. The molecule has 2 N–H and O–H groups in total. The van der Waals surface area contributed by atoms with Crippen molar-refractivity contribution in [2.24, 2.45) is 0 Å². The lowest BCUT2D eigenvalue weighted by Gasteiger charge is -2.28. The summed E-state index contributed by atoms with van der Waals surface area (Å²) in [5.74, 6) is 0. The Morgan fingerprint density at radius 2 is 2.25 bits per heavy atom. The smallest absolute Gasteiger partial charge is 0.242 e. The van der Waals surface area contributed by atoms with E-state index in [4.69, 9.17) is 0 Å². The van der Waals surface area contributed by atoms with E-state index >= 15 is 0 Å². The highest BCUT2D eigenvalue weighted by Gasteiger charge is 2.29. The van der Waals surface area contributed by atoms with Gasteiger partial charge >= 0.3 is 0 Å². The van der Waals surface area contributed by atoms with E-state index in [1.165, 1.54) is 17.8 Å². The summed E-state index contributed by atoms with van der Waals surface area (Å²) in [5, 5.41) is 11.6. The van der Waals surface area contributed by atoms with Crippen molar-refractivity contribution in [2.75, 3.05) is 6.26 Å². The number of nitrogens with one attached hydrogen (secondary N) is 1. The molecule has 2 atom stereocenters. The first-order valence-corrected chi connectivity index (χ1v) is 10.4. The third-order valence-electron chi connectivity index (χ3n) is 3.68. The zero-order valence-corrected chi connectivity index (χ0v) is 14.2. The molecule has 1 aliphatic rings. The molecular formula is C13H21NO3S3. The molecule has 0 spiro atoms. The second-order valence-electron chi connectivity index (χ2n) is 5.17. The molecule has 4 nitrogen and oxygen atoms in total. The van der Waals surface area contributed by atoms with Crippen LogP contribution in [0.2, 0.25) is 0 Å². The molecule has 0 saturated heterocycles. The van der Waals surface area contributed by atoms with Gasteiger partial charge in [0.25, 0.3) is 0 Å². The number of hydrogen-bond donors (Lipinski definition) is 2. The first-order valence-electron chi connectivity index (χ1n) is 6.71. The van der Waals surface area contributed by atoms with Gasteiger partial charge in [-0.25, -0.2) is 13.1 Å². The van der Waals surface area contributed by atoms with E-state index in [0.717, 1.165) is 19.3 Å². The summed E-state index contributed by atoms with van der Waals surface area (Å²) in [7, 11) is -3.53. The molecule has 114 valence electrons. The van der Waals surface area contributed by atoms with Crippen molar-refractivity contribution in [1.82, 2.24) is 4.72 Å². The summed E-state index contributed by atoms with van der Waals surface area (Å²) in [5.41, 5.74) is 0.712. The third kappa shape index (κ3) is 3.57. The van der Waals surface area contributed by atoms with E-state index in [0.29, 0.717) is 15.7 Å².